The summed E-state index contributed by atoms with van der Waals surface area (Å²) < 4.78 is 6.46. The fraction of sp³-hybridized carbons (Fsp3) is 0.440. The Bertz CT molecular complexity index is 951. The van der Waals surface area contributed by atoms with Gasteiger partial charge in [-0.2, -0.15) is 0 Å². The molecule has 1 saturated heterocycles. The van der Waals surface area contributed by atoms with E-state index in [9.17, 15) is 9.59 Å². The number of hydrogen-bond acceptors (Lipinski definition) is 3. The van der Waals surface area contributed by atoms with Crippen molar-refractivity contribution in [3.05, 3.63) is 64.2 Å². The number of nitrogens with zero attached hydrogens (tertiary/aromatic N) is 1. The fourth-order valence-electron chi connectivity index (χ4n) is 4.37. The first kappa shape index (κ1) is 19.7. The van der Waals surface area contributed by atoms with Crippen LogP contribution in [0.4, 0.5) is 0 Å². The van der Waals surface area contributed by atoms with Crippen molar-refractivity contribution in [2.45, 2.75) is 58.5 Å². The number of likely N-dealkylation sites (tertiary alicyclic amines) is 1. The Balaban J connectivity index is 1.48. The topological polar surface area (TPSA) is 46.6 Å². The summed E-state index contributed by atoms with van der Waals surface area (Å²) in [5, 5.41) is 0. The number of aryl methyl sites for hydroxylation is 1. The lowest BCUT2D eigenvalue weighted by atomic mass is 9.81. The number of ketones is 1. The van der Waals surface area contributed by atoms with Gasteiger partial charge in [0.2, 0.25) is 0 Å². The molecule has 2 aliphatic rings. The number of piperidine rings is 1. The second-order valence-electron chi connectivity index (χ2n) is 8.84. The van der Waals surface area contributed by atoms with Crippen LogP contribution in [0.5, 0.6) is 5.75 Å². The van der Waals surface area contributed by atoms with Crippen molar-refractivity contribution in [1.82, 2.24) is 4.90 Å². The number of fused-ring (bicyclic) bond motifs is 1. The van der Waals surface area contributed by atoms with Gasteiger partial charge >= 0.3 is 0 Å². The van der Waals surface area contributed by atoms with Crippen LogP contribution in [0.3, 0.4) is 0 Å². The zero-order chi connectivity index (χ0) is 20.8. The Labute approximate surface area is 172 Å². The van der Waals surface area contributed by atoms with E-state index in [1.165, 1.54) is 5.56 Å². The standard InChI is InChI=1S/C25H29NO3/c1-16(2)19-6-8-20(9-7-19)24(28)26-13-11-25(12-14-26)15-22(27)21-10-5-17(3)18(4)23(21)29-25/h5-10,16H,11-15H2,1-4H3. The Hall–Kier alpha value is -2.62. The summed E-state index contributed by atoms with van der Waals surface area (Å²) in [4.78, 5) is 27.6. The summed E-state index contributed by atoms with van der Waals surface area (Å²) in [6, 6.07) is 11.8. The molecule has 2 aliphatic heterocycles. The molecular weight excluding hydrogens is 362 g/mol. The molecule has 4 heteroatoms. The van der Waals surface area contributed by atoms with Crippen LogP contribution in [0.2, 0.25) is 0 Å². The lowest BCUT2D eigenvalue weighted by Crippen LogP contribution is -2.52. The number of amides is 1. The van der Waals surface area contributed by atoms with Crippen LogP contribution in [-0.4, -0.2) is 35.3 Å². The average molecular weight is 392 g/mol. The number of ether oxygens (including phenoxy) is 1. The van der Waals surface area contributed by atoms with E-state index in [4.69, 9.17) is 4.74 Å². The monoisotopic (exact) mass is 391 g/mol. The van der Waals surface area contributed by atoms with Gasteiger partial charge in [-0.3, -0.25) is 9.59 Å². The minimum absolute atomic E-state index is 0.0599. The van der Waals surface area contributed by atoms with Gasteiger partial charge in [0.1, 0.15) is 11.4 Å². The number of carbonyl (C=O) groups excluding carboxylic acids is 2. The molecule has 1 spiro atoms. The molecule has 1 fully saturated rings. The van der Waals surface area contributed by atoms with Gasteiger partial charge in [-0.15, -0.1) is 0 Å². The smallest absolute Gasteiger partial charge is 0.253 e. The highest BCUT2D eigenvalue weighted by Crippen LogP contribution is 2.41. The highest BCUT2D eigenvalue weighted by Gasteiger charge is 2.44. The van der Waals surface area contributed by atoms with Crippen LogP contribution in [0, 0.1) is 13.8 Å². The molecule has 4 nitrogen and oxygen atoms in total. The van der Waals surface area contributed by atoms with Gasteiger partial charge in [-0.25, -0.2) is 0 Å². The molecule has 0 aromatic heterocycles. The summed E-state index contributed by atoms with van der Waals surface area (Å²) in [5.74, 6) is 1.40. The minimum atomic E-state index is -0.485. The molecule has 0 radical (unpaired) electrons. The van der Waals surface area contributed by atoms with Crippen molar-refractivity contribution in [2.75, 3.05) is 13.1 Å². The Morgan fingerprint density at radius 3 is 2.31 bits per heavy atom. The molecule has 4 rings (SSSR count). The van der Waals surface area contributed by atoms with E-state index in [0.717, 1.165) is 22.4 Å². The van der Waals surface area contributed by atoms with E-state index in [-0.39, 0.29) is 11.7 Å². The Morgan fingerprint density at radius 2 is 1.69 bits per heavy atom. The first-order valence-corrected chi connectivity index (χ1v) is 10.5. The summed E-state index contributed by atoms with van der Waals surface area (Å²) in [5.41, 5.74) is 4.34. The molecule has 2 aromatic rings. The average Bonchev–Trinajstić information content (AvgIpc) is 2.71. The van der Waals surface area contributed by atoms with E-state index in [2.05, 4.69) is 13.8 Å². The van der Waals surface area contributed by atoms with Crippen LogP contribution in [-0.2, 0) is 0 Å². The van der Waals surface area contributed by atoms with Gasteiger partial charge in [-0.05, 0) is 54.7 Å². The van der Waals surface area contributed by atoms with Crippen molar-refractivity contribution in [1.29, 1.82) is 0 Å². The minimum Gasteiger partial charge on any atom is -0.486 e. The second-order valence-corrected chi connectivity index (χ2v) is 8.84. The van der Waals surface area contributed by atoms with Crippen LogP contribution in [0.1, 0.15) is 76.4 Å². The molecule has 2 aromatic carbocycles. The zero-order valence-corrected chi connectivity index (χ0v) is 17.7. The Kier molecular flexibility index (Phi) is 4.97. The predicted molar refractivity (Wildman–Crippen MR) is 114 cm³/mol. The molecule has 2 heterocycles. The van der Waals surface area contributed by atoms with Crippen LogP contribution in [0.25, 0.3) is 0 Å². The van der Waals surface area contributed by atoms with Gasteiger partial charge < -0.3 is 9.64 Å². The summed E-state index contributed by atoms with van der Waals surface area (Å²) >= 11 is 0. The zero-order valence-electron chi connectivity index (χ0n) is 17.7. The Morgan fingerprint density at radius 1 is 1.03 bits per heavy atom. The third-order valence-corrected chi connectivity index (χ3v) is 6.56. The molecule has 29 heavy (non-hydrogen) atoms. The van der Waals surface area contributed by atoms with E-state index in [0.29, 0.717) is 43.8 Å². The van der Waals surface area contributed by atoms with E-state index in [1.807, 2.05) is 55.1 Å². The third-order valence-electron chi connectivity index (χ3n) is 6.56. The molecule has 152 valence electrons. The van der Waals surface area contributed by atoms with Crippen molar-refractivity contribution < 1.29 is 14.3 Å². The van der Waals surface area contributed by atoms with Crippen molar-refractivity contribution in [2.24, 2.45) is 0 Å². The van der Waals surface area contributed by atoms with Gasteiger partial charge in [0.05, 0.1) is 12.0 Å². The summed E-state index contributed by atoms with van der Waals surface area (Å²) in [6.07, 6.45) is 1.76. The fourth-order valence-corrected chi connectivity index (χ4v) is 4.37. The van der Waals surface area contributed by atoms with Crippen LogP contribution >= 0.6 is 0 Å². The number of carbonyl (C=O) groups is 2. The summed E-state index contributed by atoms with van der Waals surface area (Å²) in [7, 11) is 0. The third kappa shape index (κ3) is 3.57. The van der Waals surface area contributed by atoms with Gasteiger partial charge in [0, 0.05) is 31.5 Å². The normalized spacial score (nSPS) is 18.0. The van der Waals surface area contributed by atoms with Gasteiger partial charge in [-0.1, -0.05) is 32.0 Å². The van der Waals surface area contributed by atoms with Crippen LogP contribution in [0.15, 0.2) is 36.4 Å². The quantitative estimate of drug-likeness (QED) is 0.718. The number of rotatable bonds is 2. The molecule has 0 aliphatic carbocycles. The number of hydrogen-bond donors (Lipinski definition) is 0. The first-order chi connectivity index (χ1) is 13.8. The lowest BCUT2D eigenvalue weighted by Gasteiger charge is -2.44. The van der Waals surface area contributed by atoms with Crippen LogP contribution < -0.4 is 4.74 Å². The molecule has 0 unspecified atom stereocenters. The molecule has 0 bridgehead atoms. The van der Waals surface area contributed by atoms with Crippen molar-refractivity contribution in [3.8, 4) is 5.75 Å². The SMILES string of the molecule is Cc1ccc2c(c1C)OC1(CCN(C(=O)c3ccc(C(C)C)cc3)CC1)CC2=O. The molecule has 1 amide bonds. The summed E-state index contributed by atoms with van der Waals surface area (Å²) in [6.45, 7) is 9.56. The maximum Gasteiger partial charge on any atom is 0.253 e. The first-order valence-electron chi connectivity index (χ1n) is 10.5. The molecular formula is C25H29NO3. The maximum atomic E-state index is 12.9. The highest BCUT2D eigenvalue weighted by molar-refractivity contribution is 6.01. The number of benzene rings is 2. The number of Topliss-reactive ketones (excluding diaryl/α,β-unsaturated/α-hetero) is 1. The predicted octanol–water partition coefficient (Wildman–Crippen LogP) is 5.07. The van der Waals surface area contributed by atoms with Crippen molar-refractivity contribution >= 4 is 11.7 Å². The van der Waals surface area contributed by atoms with E-state index in [1.54, 1.807) is 0 Å². The van der Waals surface area contributed by atoms with Crippen molar-refractivity contribution in [3.63, 3.8) is 0 Å². The highest BCUT2D eigenvalue weighted by atomic mass is 16.5. The molecule has 0 saturated carbocycles. The largest absolute Gasteiger partial charge is 0.486 e. The lowest BCUT2D eigenvalue weighted by molar-refractivity contribution is -0.00620. The van der Waals surface area contributed by atoms with Gasteiger partial charge in [0.25, 0.3) is 5.91 Å². The molecule has 0 N–H and O–H groups in total. The van der Waals surface area contributed by atoms with E-state index < -0.39 is 5.60 Å². The molecule has 0 atom stereocenters. The maximum absolute atomic E-state index is 12.9. The van der Waals surface area contributed by atoms with E-state index >= 15 is 0 Å². The van der Waals surface area contributed by atoms with Gasteiger partial charge in [0.15, 0.2) is 5.78 Å². The second kappa shape index (κ2) is 7.33.